The van der Waals surface area contributed by atoms with Crippen molar-refractivity contribution in [1.29, 1.82) is 0 Å². The Balaban J connectivity index is 2.78. The zero-order valence-electron chi connectivity index (χ0n) is 10.9. The molecule has 1 rings (SSSR count). The van der Waals surface area contributed by atoms with Crippen LogP contribution in [0, 0.1) is 0 Å². The van der Waals surface area contributed by atoms with Crippen molar-refractivity contribution in [3.05, 3.63) is 4.88 Å². The van der Waals surface area contributed by atoms with E-state index in [0.29, 0.717) is 0 Å². The van der Waals surface area contributed by atoms with E-state index in [9.17, 15) is 0 Å². The lowest BCUT2D eigenvalue weighted by Gasteiger charge is -2.19. The molecular formula is C11H21N3OS. The molecule has 0 saturated carbocycles. The van der Waals surface area contributed by atoms with Crippen LogP contribution < -0.4 is 15.0 Å². The molecular weight excluding hydrogens is 222 g/mol. The minimum absolute atomic E-state index is 0.104. The molecule has 0 aliphatic carbocycles. The highest BCUT2D eigenvalue weighted by atomic mass is 32.1. The Labute approximate surface area is 102 Å². The van der Waals surface area contributed by atoms with E-state index in [0.717, 1.165) is 22.4 Å². The second kappa shape index (κ2) is 5.01. The van der Waals surface area contributed by atoms with Crippen LogP contribution in [0.4, 0.5) is 5.13 Å². The zero-order chi connectivity index (χ0) is 12.3. The molecule has 16 heavy (non-hydrogen) atoms. The van der Waals surface area contributed by atoms with E-state index < -0.39 is 0 Å². The van der Waals surface area contributed by atoms with Crippen molar-refractivity contribution >= 4 is 16.5 Å². The van der Waals surface area contributed by atoms with Crippen LogP contribution in [-0.4, -0.2) is 31.7 Å². The molecule has 1 aromatic heterocycles. The summed E-state index contributed by atoms with van der Waals surface area (Å²) in [4.78, 5) is 7.54. The maximum absolute atomic E-state index is 5.27. The van der Waals surface area contributed by atoms with Crippen molar-refractivity contribution in [2.24, 2.45) is 0 Å². The number of nitrogens with zero attached hydrogens (tertiary/aromatic N) is 2. The van der Waals surface area contributed by atoms with Gasteiger partial charge in [0.1, 0.15) is 0 Å². The van der Waals surface area contributed by atoms with E-state index in [1.54, 1.807) is 18.4 Å². The molecule has 0 aliphatic rings. The Morgan fingerprint density at radius 2 is 2.00 bits per heavy atom. The van der Waals surface area contributed by atoms with Crippen LogP contribution >= 0.6 is 11.3 Å². The SMILES string of the molecule is COc1nc(N(C)C)sc1CNC(C)(C)C. The predicted octanol–water partition coefficient (Wildman–Crippen LogP) is 2.11. The third kappa shape index (κ3) is 3.64. The van der Waals surface area contributed by atoms with E-state index in [1.165, 1.54) is 0 Å². The summed E-state index contributed by atoms with van der Waals surface area (Å²) in [6, 6.07) is 0. The number of hydrogen-bond donors (Lipinski definition) is 1. The fraction of sp³-hybridized carbons (Fsp3) is 0.727. The van der Waals surface area contributed by atoms with Gasteiger partial charge in [-0.15, -0.1) is 0 Å². The minimum Gasteiger partial charge on any atom is -0.480 e. The smallest absolute Gasteiger partial charge is 0.230 e. The molecule has 0 spiro atoms. The van der Waals surface area contributed by atoms with Crippen LogP contribution in [0.2, 0.25) is 0 Å². The topological polar surface area (TPSA) is 37.4 Å². The molecule has 1 aromatic rings. The Bertz CT molecular complexity index is 341. The number of hydrogen-bond acceptors (Lipinski definition) is 5. The number of methoxy groups -OCH3 is 1. The molecule has 0 saturated heterocycles. The van der Waals surface area contributed by atoms with Gasteiger partial charge in [-0.1, -0.05) is 11.3 Å². The summed E-state index contributed by atoms with van der Waals surface area (Å²) in [5, 5.41) is 4.41. The normalized spacial score (nSPS) is 11.6. The molecule has 5 heteroatoms. The lowest BCUT2D eigenvalue weighted by atomic mass is 10.1. The van der Waals surface area contributed by atoms with Crippen molar-refractivity contribution in [2.45, 2.75) is 32.9 Å². The van der Waals surface area contributed by atoms with Gasteiger partial charge in [0.25, 0.3) is 0 Å². The highest BCUT2D eigenvalue weighted by molar-refractivity contribution is 7.15. The first-order valence-corrected chi connectivity index (χ1v) is 6.11. The van der Waals surface area contributed by atoms with Crippen molar-refractivity contribution in [3.63, 3.8) is 0 Å². The standard InChI is InChI=1S/C11H21N3OS/c1-11(2,3)12-7-8-9(15-6)13-10(16-8)14(4)5/h12H,7H2,1-6H3. The average Bonchev–Trinajstić information content (AvgIpc) is 2.56. The Hall–Kier alpha value is -0.810. The molecule has 92 valence electrons. The molecule has 4 nitrogen and oxygen atoms in total. The van der Waals surface area contributed by atoms with Crippen LogP contribution in [0.5, 0.6) is 5.88 Å². The first kappa shape index (κ1) is 13.3. The van der Waals surface area contributed by atoms with Crippen molar-refractivity contribution in [2.75, 3.05) is 26.1 Å². The number of rotatable bonds is 4. The number of aromatic nitrogens is 1. The van der Waals surface area contributed by atoms with Gasteiger partial charge in [0.15, 0.2) is 5.13 Å². The first-order valence-electron chi connectivity index (χ1n) is 5.29. The molecule has 1 N–H and O–H groups in total. The number of anilines is 1. The van der Waals surface area contributed by atoms with Gasteiger partial charge in [0.05, 0.1) is 12.0 Å². The van der Waals surface area contributed by atoms with E-state index in [4.69, 9.17) is 4.74 Å². The molecule has 0 atom stereocenters. The summed E-state index contributed by atoms with van der Waals surface area (Å²) < 4.78 is 5.27. The van der Waals surface area contributed by atoms with E-state index >= 15 is 0 Å². The van der Waals surface area contributed by atoms with Gasteiger partial charge in [-0.2, -0.15) is 4.98 Å². The monoisotopic (exact) mass is 243 g/mol. The summed E-state index contributed by atoms with van der Waals surface area (Å²) in [5.41, 5.74) is 0.104. The molecule has 0 amide bonds. The van der Waals surface area contributed by atoms with Gasteiger partial charge < -0.3 is 15.0 Å². The second-order valence-electron chi connectivity index (χ2n) is 4.93. The summed E-state index contributed by atoms with van der Waals surface area (Å²) in [5.74, 6) is 0.727. The van der Waals surface area contributed by atoms with Crippen molar-refractivity contribution in [1.82, 2.24) is 10.3 Å². The summed E-state index contributed by atoms with van der Waals surface area (Å²) >= 11 is 1.66. The van der Waals surface area contributed by atoms with Crippen LogP contribution in [-0.2, 0) is 6.54 Å². The highest BCUT2D eigenvalue weighted by Crippen LogP contribution is 2.30. The number of nitrogens with one attached hydrogen (secondary N) is 1. The fourth-order valence-corrected chi connectivity index (χ4v) is 2.03. The second-order valence-corrected chi connectivity index (χ2v) is 5.99. The zero-order valence-corrected chi connectivity index (χ0v) is 11.7. The third-order valence-corrected chi connectivity index (χ3v) is 3.21. The van der Waals surface area contributed by atoms with Gasteiger partial charge in [-0.25, -0.2) is 0 Å². The molecule has 0 bridgehead atoms. The molecule has 0 fully saturated rings. The third-order valence-electron chi connectivity index (χ3n) is 2.01. The summed E-state index contributed by atoms with van der Waals surface area (Å²) in [6.07, 6.45) is 0. The number of ether oxygens (including phenoxy) is 1. The van der Waals surface area contributed by atoms with Crippen LogP contribution in [0.3, 0.4) is 0 Å². The lowest BCUT2D eigenvalue weighted by Crippen LogP contribution is -2.34. The predicted molar refractivity (Wildman–Crippen MR) is 69.6 cm³/mol. The molecule has 0 aliphatic heterocycles. The quantitative estimate of drug-likeness (QED) is 0.879. The first-order chi connectivity index (χ1) is 7.33. The van der Waals surface area contributed by atoms with Crippen LogP contribution in [0.1, 0.15) is 25.6 Å². The van der Waals surface area contributed by atoms with Crippen molar-refractivity contribution in [3.8, 4) is 5.88 Å². The molecule has 0 aromatic carbocycles. The van der Waals surface area contributed by atoms with Gasteiger partial charge >= 0.3 is 0 Å². The fourth-order valence-electron chi connectivity index (χ4n) is 1.13. The van der Waals surface area contributed by atoms with Crippen LogP contribution in [0.15, 0.2) is 0 Å². The largest absolute Gasteiger partial charge is 0.480 e. The van der Waals surface area contributed by atoms with Crippen LogP contribution in [0.25, 0.3) is 0 Å². The van der Waals surface area contributed by atoms with Gasteiger partial charge in [0, 0.05) is 26.2 Å². The Kier molecular flexibility index (Phi) is 4.15. The maximum Gasteiger partial charge on any atom is 0.230 e. The number of thiazole rings is 1. The van der Waals surface area contributed by atoms with E-state index in [1.807, 2.05) is 19.0 Å². The highest BCUT2D eigenvalue weighted by Gasteiger charge is 2.15. The molecule has 0 unspecified atom stereocenters. The molecule has 1 heterocycles. The Morgan fingerprint density at radius 3 is 2.44 bits per heavy atom. The lowest BCUT2D eigenvalue weighted by molar-refractivity contribution is 0.384. The average molecular weight is 243 g/mol. The van der Waals surface area contributed by atoms with Gasteiger partial charge in [0.2, 0.25) is 5.88 Å². The van der Waals surface area contributed by atoms with E-state index in [-0.39, 0.29) is 5.54 Å². The summed E-state index contributed by atoms with van der Waals surface area (Å²) in [7, 11) is 5.63. The summed E-state index contributed by atoms with van der Waals surface area (Å²) in [6.45, 7) is 7.23. The minimum atomic E-state index is 0.104. The van der Waals surface area contributed by atoms with E-state index in [2.05, 4.69) is 31.1 Å². The Morgan fingerprint density at radius 1 is 1.38 bits per heavy atom. The van der Waals surface area contributed by atoms with Gasteiger partial charge in [-0.3, -0.25) is 0 Å². The maximum atomic E-state index is 5.27. The van der Waals surface area contributed by atoms with Crippen molar-refractivity contribution < 1.29 is 4.74 Å². The van der Waals surface area contributed by atoms with Gasteiger partial charge in [-0.05, 0) is 20.8 Å². The molecule has 0 radical (unpaired) electrons.